The van der Waals surface area contributed by atoms with Crippen molar-refractivity contribution < 1.29 is 0 Å². The van der Waals surface area contributed by atoms with Crippen molar-refractivity contribution in [1.82, 2.24) is 4.57 Å². The van der Waals surface area contributed by atoms with Crippen LogP contribution in [-0.4, -0.2) is 4.57 Å². The van der Waals surface area contributed by atoms with E-state index in [4.69, 9.17) is 0 Å². The Labute approximate surface area is 426 Å². The van der Waals surface area contributed by atoms with Crippen molar-refractivity contribution in [2.24, 2.45) is 0 Å². The fourth-order valence-corrected chi connectivity index (χ4v) is 11.9. The maximum absolute atomic E-state index is 2.46. The van der Waals surface area contributed by atoms with Crippen molar-refractivity contribution in [3.63, 3.8) is 0 Å². The molecule has 12 aromatic carbocycles. The lowest BCUT2D eigenvalue weighted by molar-refractivity contribution is 0.768. The van der Waals surface area contributed by atoms with E-state index < -0.39 is 5.41 Å². The smallest absolute Gasteiger partial charge is 0.0714 e. The van der Waals surface area contributed by atoms with Gasteiger partial charge in [0.1, 0.15) is 0 Å². The summed E-state index contributed by atoms with van der Waals surface area (Å²) in [6.45, 7) is 0. The summed E-state index contributed by atoms with van der Waals surface area (Å²) in [5.41, 5.74) is 21.1. The van der Waals surface area contributed by atoms with Crippen LogP contribution in [0.2, 0.25) is 0 Å². The summed E-state index contributed by atoms with van der Waals surface area (Å²) in [5, 5.41) is 4.91. The molecule has 0 fully saturated rings. The number of hydrogen-bond acceptors (Lipinski definition) is 1. The Morgan fingerprint density at radius 1 is 0.274 bits per heavy atom. The van der Waals surface area contributed by atoms with Crippen molar-refractivity contribution in [1.29, 1.82) is 0 Å². The van der Waals surface area contributed by atoms with E-state index in [9.17, 15) is 0 Å². The number of nitrogens with zero attached hydrogens (tertiary/aromatic N) is 2. The molecule has 2 heteroatoms. The van der Waals surface area contributed by atoms with Gasteiger partial charge in [-0.25, -0.2) is 0 Å². The summed E-state index contributed by atoms with van der Waals surface area (Å²) in [4.78, 5) is 2.43. The molecule has 342 valence electrons. The standard InChI is InChI=1S/C71H48N2/c1-4-17-49(18-5-1)51-31-39-60(40-32-51)73-69-30-15-13-28-65(69)66-47-56(36-44-70(66)73)54-22-16-21-53(45-54)52-33-37-59(38-34-52)72(61-41-35-50-19-10-11-20-55(50)46-61)62-42-43-64-63-27-12-14-29-67(63)71(68(64)48-62,57-23-6-2-7-24-57)58-25-8-3-9-26-58/h1-48H. The molecule has 0 saturated heterocycles. The fraction of sp³-hybridized carbons (Fsp3) is 0.0141. The van der Waals surface area contributed by atoms with Gasteiger partial charge in [0, 0.05) is 33.5 Å². The third-order valence-corrected chi connectivity index (χ3v) is 15.3. The molecule has 0 N–H and O–H groups in total. The van der Waals surface area contributed by atoms with Crippen molar-refractivity contribution in [3.8, 4) is 50.2 Å². The maximum atomic E-state index is 2.46. The van der Waals surface area contributed by atoms with Crippen LogP contribution >= 0.6 is 0 Å². The number of para-hydroxylation sites is 1. The summed E-state index contributed by atoms with van der Waals surface area (Å²) in [6.07, 6.45) is 0. The number of aromatic nitrogens is 1. The van der Waals surface area contributed by atoms with Crippen LogP contribution < -0.4 is 4.90 Å². The zero-order valence-electron chi connectivity index (χ0n) is 40.1. The number of anilines is 3. The van der Waals surface area contributed by atoms with Crippen LogP contribution in [0.4, 0.5) is 17.1 Å². The molecule has 1 aliphatic carbocycles. The van der Waals surface area contributed by atoms with E-state index in [0.717, 1.165) is 28.3 Å². The third kappa shape index (κ3) is 7.02. The van der Waals surface area contributed by atoms with Gasteiger partial charge in [0.15, 0.2) is 0 Å². The van der Waals surface area contributed by atoms with E-state index in [1.165, 1.54) is 93.8 Å². The number of fused-ring (bicyclic) bond motifs is 7. The SMILES string of the molecule is c1ccc(-c2ccc(-n3c4ccccc4c4cc(-c5cccc(-c6ccc(N(c7ccc8c(c7)C(c7ccccc7)(c7ccccc7)c7ccccc7-8)c7ccc8ccccc8c7)cc6)c5)ccc43)cc2)cc1. The van der Waals surface area contributed by atoms with Crippen LogP contribution in [0.25, 0.3) is 82.8 Å². The zero-order valence-corrected chi connectivity index (χ0v) is 40.1. The zero-order chi connectivity index (χ0) is 48.3. The van der Waals surface area contributed by atoms with Gasteiger partial charge in [0.05, 0.1) is 16.4 Å². The summed E-state index contributed by atoms with van der Waals surface area (Å²) < 4.78 is 2.40. The first kappa shape index (κ1) is 42.4. The summed E-state index contributed by atoms with van der Waals surface area (Å²) in [7, 11) is 0. The lowest BCUT2D eigenvalue weighted by Gasteiger charge is -2.35. The number of hydrogen-bond donors (Lipinski definition) is 0. The minimum atomic E-state index is -0.509. The van der Waals surface area contributed by atoms with Gasteiger partial charge in [-0.2, -0.15) is 0 Å². The Bertz CT molecular complexity index is 4130. The molecular formula is C71H48N2. The van der Waals surface area contributed by atoms with Crippen LogP contribution in [0.3, 0.4) is 0 Å². The van der Waals surface area contributed by atoms with Gasteiger partial charge >= 0.3 is 0 Å². The normalized spacial score (nSPS) is 12.5. The highest BCUT2D eigenvalue weighted by molar-refractivity contribution is 6.10. The molecule has 0 spiro atoms. The Balaban J connectivity index is 0.854. The second-order valence-electron chi connectivity index (χ2n) is 19.2. The second-order valence-corrected chi connectivity index (χ2v) is 19.2. The second kappa shape index (κ2) is 17.4. The van der Waals surface area contributed by atoms with Crippen molar-refractivity contribution >= 4 is 49.6 Å². The molecule has 2 nitrogen and oxygen atoms in total. The van der Waals surface area contributed by atoms with E-state index in [0.29, 0.717) is 0 Å². The third-order valence-electron chi connectivity index (χ3n) is 15.3. The monoisotopic (exact) mass is 928 g/mol. The first-order valence-corrected chi connectivity index (χ1v) is 25.2. The molecule has 14 rings (SSSR count). The van der Waals surface area contributed by atoms with E-state index in [1.807, 2.05) is 0 Å². The van der Waals surface area contributed by atoms with Gasteiger partial charge in [-0.3, -0.25) is 0 Å². The molecule has 1 heterocycles. The van der Waals surface area contributed by atoms with Crippen LogP contribution in [0.5, 0.6) is 0 Å². The Morgan fingerprint density at radius 3 is 1.55 bits per heavy atom. The van der Waals surface area contributed by atoms with Gasteiger partial charge in [0.25, 0.3) is 0 Å². The van der Waals surface area contributed by atoms with Crippen LogP contribution in [0.1, 0.15) is 22.3 Å². The molecule has 1 aliphatic rings. The number of rotatable bonds is 9. The quantitative estimate of drug-likeness (QED) is 0.140. The van der Waals surface area contributed by atoms with E-state index in [2.05, 4.69) is 301 Å². The molecule has 0 saturated carbocycles. The van der Waals surface area contributed by atoms with E-state index in [-0.39, 0.29) is 0 Å². The van der Waals surface area contributed by atoms with Crippen LogP contribution in [0.15, 0.2) is 291 Å². The molecule has 0 amide bonds. The average Bonchev–Trinajstić information content (AvgIpc) is 4.00. The van der Waals surface area contributed by atoms with E-state index >= 15 is 0 Å². The Hall–Kier alpha value is -9.50. The fourth-order valence-electron chi connectivity index (χ4n) is 11.9. The first-order chi connectivity index (χ1) is 36.2. The Kier molecular flexibility index (Phi) is 10.1. The van der Waals surface area contributed by atoms with Crippen molar-refractivity contribution in [2.45, 2.75) is 5.41 Å². The molecule has 0 aliphatic heterocycles. The van der Waals surface area contributed by atoms with Crippen molar-refractivity contribution in [2.75, 3.05) is 4.90 Å². The number of benzene rings is 12. The highest BCUT2D eigenvalue weighted by Gasteiger charge is 2.46. The lowest BCUT2D eigenvalue weighted by Crippen LogP contribution is -2.28. The van der Waals surface area contributed by atoms with Gasteiger partial charge in [-0.05, 0) is 150 Å². The summed E-state index contributed by atoms with van der Waals surface area (Å²) in [6, 6.07) is 107. The van der Waals surface area contributed by atoms with E-state index in [1.54, 1.807) is 0 Å². The van der Waals surface area contributed by atoms with Gasteiger partial charge in [0.2, 0.25) is 0 Å². The molecule has 0 bridgehead atoms. The van der Waals surface area contributed by atoms with Gasteiger partial charge in [-0.1, -0.05) is 218 Å². The minimum Gasteiger partial charge on any atom is -0.310 e. The average molecular weight is 929 g/mol. The van der Waals surface area contributed by atoms with Crippen molar-refractivity contribution in [3.05, 3.63) is 313 Å². The molecular weight excluding hydrogens is 881 g/mol. The Morgan fingerprint density at radius 2 is 0.781 bits per heavy atom. The molecule has 0 radical (unpaired) electrons. The summed E-state index contributed by atoms with van der Waals surface area (Å²) >= 11 is 0. The summed E-state index contributed by atoms with van der Waals surface area (Å²) in [5.74, 6) is 0. The maximum Gasteiger partial charge on any atom is 0.0714 e. The predicted molar refractivity (Wildman–Crippen MR) is 307 cm³/mol. The molecule has 73 heavy (non-hydrogen) atoms. The first-order valence-electron chi connectivity index (χ1n) is 25.2. The largest absolute Gasteiger partial charge is 0.310 e. The van der Waals surface area contributed by atoms with Crippen LogP contribution in [-0.2, 0) is 5.41 Å². The molecule has 0 atom stereocenters. The highest BCUT2D eigenvalue weighted by Crippen LogP contribution is 2.57. The topological polar surface area (TPSA) is 8.17 Å². The predicted octanol–water partition coefficient (Wildman–Crippen LogP) is 18.8. The van der Waals surface area contributed by atoms with Gasteiger partial charge in [-0.15, -0.1) is 0 Å². The molecule has 0 unspecified atom stereocenters. The van der Waals surface area contributed by atoms with Gasteiger partial charge < -0.3 is 9.47 Å². The molecule has 1 aromatic heterocycles. The minimum absolute atomic E-state index is 0.509. The van der Waals surface area contributed by atoms with Crippen LogP contribution in [0, 0.1) is 0 Å². The molecule has 13 aromatic rings. The lowest BCUT2D eigenvalue weighted by atomic mass is 9.67. The highest BCUT2D eigenvalue weighted by atomic mass is 15.1.